The first-order valence-electron chi connectivity index (χ1n) is 10.8. The van der Waals surface area contributed by atoms with Gasteiger partial charge in [-0.2, -0.15) is 0 Å². The molecule has 1 N–H and O–H groups in total. The number of benzene rings is 3. The molecule has 0 radical (unpaired) electrons. The molecule has 9 heteroatoms. The number of esters is 2. The van der Waals surface area contributed by atoms with Gasteiger partial charge in [-0.15, -0.1) is 0 Å². The van der Waals surface area contributed by atoms with Crippen molar-refractivity contribution in [1.29, 1.82) is 0 Å². The smallest absolute Gasteiger partial charge is 0.343 e. The van der Waals surface area contributed by atoms with Crippen molar-refractivity contribution in [3.05, 3.63) is 99.7 Å². The predicted molar refractivity (Wildman–Crippen MR) is 134 cm³/mol. The maximum Gasteiger partial charge on any atom is 0.343 e. The molecule has 0 aliphatic carbocycles. The Bertz CT molecular complexity index is 1410. The van der Waals surface area contributed by atoms with Crippen molar-refractivity contribution in [3.63, 3.8) is 0 Å². The summed E-state index contributed by atoms with van der Waals surface area (Å²) < 4.78 is 10.2. The Morgan fingerprint density at radius 3 is 2.08 bits per heavy atom. The Kier molecular flexibility index (Phi) is 6.89. The highest BCUT2D eigenvalue weighted by Gasteiger charge is 2.39. The molecule has 1 aliphatic rings. The first-order valence-corrected chi connectivity index (χ1v) is 11.2. The number of methoxy groups -OCH3 is 1. The lowest BCUT2D eigenvalue weighted by Crippen LogP contribution is -2.32. The van der Waals surface area contributed by atoms with Gasteiger partial charge in [0.1, 0.15) is 16.5 Å². The predicted octanol–water partition coefficient (Wildman–Crippen LogP) is 4.74. The number of carbonyl (C=O) groups excluding carboxylic acids is 4. The van der Waals surface area contributed by atoms with E-state index in [1.807, 2.05) is 26.0 Å². The first kappa shape index (κ1) is 24.7. The molecule has 3 aromatic rings. The van der Waals surface area contributed by atoms with Crippen molar-refractivity contribution in [2.45, 2.75) is 13.8 Å². The quantitative estimate of drug-likeness (QED) is 0.294. The lowest BCUT2D eigenvalue weighted by molar-refractivity contribution is -0.120. The summed E-state index contributed by atoms with van der Waals surface area (Å²) in [5.41, 5.74) is 3.04. The average molecular weight is 505 g/mol. The lowest BCUT2D eigenvalue weighted by atomic mass is 10.1. The van der Waals surface area contributed by atoms with Crippen LogP contribution in [0.15, 0.2) is 77.5 Å². The van der Waals surface area contributed by atoms with Gasteiger partial charge in [-0.25, -0.2) is 14.5 Å². The van der Waals surface area contributed by atoms with Crippen molar-refractivity contribution in [1.82, 2.24) is 0 Å². The molecule has 0 aromatic heterocycles. The minimum absolute atomic E-state index is 0.107. The van der Waals surface area contributed by atoms with E-state index in [0.717, 1.165) is 16.0 Å². The zero-order valence-corrected chi connectivity index (χ0v) is 20.4. The number of rotatable bonds is 6. The Hall–Kier alpha value is -4.43. The molecule has 3 aromatic carbocycles. The number of halogens is 1. The summed E-state index contributed by atoms with van der Waals surface area (Å²) >= 11 is 6.18. The molecular formula is C27H21ClN2O6. The minimum atomic E-state index is -0.705. The molecule has 182 valence electrons. The molecule has 0 bridgehead atoms. The number of amides is 2. The van der Waals surface area contributed by atoms with E-state index in [1.165, 1.54) is 43.5 Å². The van der Waals surface area contributed by atoms with Crippen LogP contribution in [0, 0.1) is 13.8 Å². The Morgan fingerprint density at radius 2 is 1.44 bits per heavy atom. The monoisotopic (exact) mass is 504 g/mol. The Morgan fingerprint density at radius 1 is 0.833 bits per heavy atom. The average Bonchev–Trinajstić information content (AvgIpc) is 3.09. The number of hydrogen-bond donors (Lipinski definition) is 1. The second-order valence-electron chi connectivity index (χ2n) is 7.96. The van der Waals surface area contributed by atoms with Crippen molar-refractivity contribution in [2.24, 2.45) is 0 Å². The van der Waals surface area contributed by atoms with Gasteiger partial charge in [-0.1, -0.05) is 23.7 Å². The van der Waals surface area contributed by atoms with Crippen LogP contribution in [-0.2, 0) is 14.3 Å². The van der Waals surface area contributed by atoms with E-state index in [2.05, 4.69) is 10.1 Å². The van der Waals surface area contributed by atoms with Crippen molar-refractivity contribution >= 4 is 46.7 Å². The third-order valence-electron chi connectivity index (χ3n) is 5.72. The number of imide groups is 1. The summed E-state index contributed by atoms with van der Waals surface area (Å²) in [7, 11) is 1.26. The van der Waals surface area contributed by atoms with E-state index in [0.29, 0.717) is 17.0 Å². The van der Waals surface area contributed by atoms with Crippen molar-refractivity contribution in [3.8, 4) is 5.75 Å². The zero-order valence-electron chi connectivity index (χ0n) is 19.6. The van der Waals surface area contributed by atoms with Crippen LogP contribution >= 0.6 is 11.6 Å². The van der Waals surface area contributed by atoms with Gasteiger partial charge in [0.05, 0.1) is 23.9 Å². The van der Waals surface area contributed by atoms with E-state index in [1.54, 1.807) is 18.2 Å². The normalized spacial score (nSPS) is 13.2. The lowest BCUT2D eigenvalue weighted by Gasteiger charge is -2.15. The van der Waals surface area contributed by atoms with Crippen LogP contribution in [0.5, 0.6) is 5.75 Å². The standard InChI is InChI=1S/C27H21ClN2O6/c1-15-5-4-6-21(16(15)2)36-27(34)18-7-11-19(12-8-18)29-23-22(28)24(31)30(25(23)32)20-13-9-17(10-14-20)26(33)35-3/h4-14,29H,1-3H3. The molecule has 8 nitrogen and oxygen atoms in total. The van der Waals surface area contributed by atoms with Crippen LogP contribution in [0.25, 0.3) is 0 Å². The number of ether oxygens (including phenoxy) is 2. The molecule has 1 aliphatic heterocycles. The summed E-state index contributed by atoms with van der Waals surface area (Å²) in [6.45, 7) is 3.81. The van der Waals surface area contributed by atoms with Crippen LogP contribution in [-0.4, -0.2) is 30.9 Å². The second-order valence-corrected chi connectivity index (χ2v) is 8.34. The minimum Gasteiger partial charge on any atom is -0.465 e. The number of nitrogens with one attached hydrogen (secondary N) is 1. The second kappa shape index (κ2) is 10.1. The van der Waals surface area contributed by atoms with E-state index in [9.17, 15) is 19.2 Å². The zero-order chi connectivity index (χ0) is 26.0. The van der Waals surface area contributed by atoms with E-state index in [4.69, 9.17) is 16.3 Å². The van der Waals surface area contributed by atoms with Gasteiger partial charge in [-0.05, 0) is 79.6 Å². The molecule has 0 spiro atoms. The number of hydrogen-bond acceptors (Lipinski definition) is 7. The van der Waals surface area contributed by atoms with E-state index in [-0.39, 0.29) is 22.0 Å². The number of carbonyl (C=O) groups is 4. The third kappa shape index (κ3) is 4.71. The fourth-order valence-electron chi connectivity index (χ4n) is 3.54. The first-order chi connectivity index (χ1) is 17.2. The van der Waals surface area contributed by atoms with Gasteiger partial charge < -0.3 is 14.8 Å². The molecule has 0 saturated heterocycles. The third-order valence-corrected chi connectivity index (χ3v) is 6.07. The van der Waals surface area contributed by atoms with Gasteiger partial charge in [0, 0.05) is 5.69 Å². The number of nitrogens with zero attached hydrogens (tertiary/aromatic N) is 1. The molecule has 2 amide bonds. The summed E-state index contributed by atoms with van der Waals surface area (Å²) in [6.07, 6.45) is 0. The molecular weight excluding hydrogens is 484 g/mol. The van der Waals surface area contributed by atoms with Crippen LogP contribution in [0.4, 0.5) is 11.4 Å². The SMILES string of the molecule is COC(=O)c1ccc(N2C(=O)C(Cl)=C(Nc3ccc(C(=O)Oc4cccc(C)c4C)cc3)C2=O)cc1. The summed E-state index contributed by atoms with van der Waals surface area (Å²) in [5.74, 6) is -1.95. The molecule has 36 heavy (non-hydrogen) atoms. The number of anilines is 2. The Balaban J connectivity index is 1.47. The van der Waals surface area contributed by atoms with Crippen LogP contribution in [0.1, 0.15) is 31.8 Å². The van der Waals surface area contributed by atoms with Crippen LogP contribution < -0.4 is 15.0 Å². The maximum atomic E-state index is 13.0. The summed E-state index contributed by atoms with van der Waals surface area (Å²) in [4.78, 5) is 50.8. The highest BCUT2D eigenvalue weighted by Crippen LogP contribution is 2.30. The number of aryl methyl sites for hydroxylation is 1. The van der Waals surface area contributed by atoms with Crippen LogP contribution in [0.3, 0.4) is 0 Å². The summed E-state index contributed by atoms with van der Waals surface area (Å²) in [6, 6.07) is 17.5. The van der Waals surface area contributed by atoms with E-state index >= 15 is 0 Å². The summed E-state index contributed by atoms with van der Waals surface area (Å²) in [5, 5.41) is 2.57. The molecule has 0 fully saturated rings. The fraction of sp³-hybridized carbons (Fsp3) is 0.111. The molecule has 0 unspecified atom stereocenters. The van der Waals surface area contributed by atoms with E-state index < -0.39 is 23.8 Å². The fourth-order valence-corrected chi connectivity index (χ4v) is 3.75. The highest BCUT2D eigenvalue weighted by molar-refractivity contribution is 6.53. The van der Waals surface area contributed by atoms with Gasteiger partial charge in [0.15, 0.2) is 0 Å². The highest BCUT2D eigenvalue weighted by atomic mass is 35.5. The van der Waals surface area contributed by atoms with Crippen LogP contribution in [0.2, 0.25) is 0 Å². The molecule has 0 atom stereocenters. The molecule has 0 saturated carbocycles. The van der Waals surface area contributed by atoms with Gasteiger partial charge in [0.2, 0.25) is 0 Å². The van der Waals surface area contributed by atoms with Crippen molar-refractivity contribution in [2.75, 3.05) is 17.3 Å². The van der Waals surface area contributed by atoms with Crippen molar-refractivity contribution < 1.29 is 28.7 Å². The topological polar surface area (TPSA) is 102 Å². The van der Waals surface area contributed by atoms with Gasteiger partial charge >= 0.3 is 11.9 Å². The maximum absolute atomic E-state index is 13.0. The Labute approximate surface area is 212 Å². The molecule has 1 heterocycles. The molecule has 4 rings (SSSR count). The van der Waals surface area contributed by atoms with Gasteiger partial charge in [-0.3, -0.25) is 9.59 Å². The van der Waals surface area contributed by atoms with Gasteiger partial charge in [0.25, 0.3) is 11.8 Å². The largest absolute Gasteiger partial charge is 0.465 e.